The molecule has 2 aliphatic rings. The van der Waals surface area contributed by atoms with Crippen LogP contribution < -0.4 is 4.74 Å². The van der Waals surface area contributed by atoms with E-state index in [1.54, 1.807) is 18.2 Å². The minimum Gasteiger partial charge on any atom is -0.462 e. The summed E-state index contributed by atoms with van der Waals surface area (Å²) in [4.78, 5) is 11.8. The molecule has 0 saturated heterocycles. The first-order valence-corrected chi connectivity index (χ1v) is 10.9. The molecule has 3 nitrogen and oxygen atoms in total. The van der Waals surface area contributed by atoms with Crippen molar-refractivity contribution in [2.75, 3.05) is 0 Å². The van der Waals surface area contributed by atoms with Gasteiger partial charge in [0.15, 0.2) is 0 Å². The Morgan fingerprint density at radius 2 is 1.59 bits per heavy atom. The van der Waals surface area contributed by atoms with Crippen molar-refractivity contribution in [1.29, 1.82) is 0 Å². The van der Waals surface area contributed by atoms with Gasteiger partial charge < -0.3 is 9.47 Å². The normalized spacial score (nSPS) is 27.4. The molecule has 0 aliphatic heterocycles. The zero-order valence-electron chi connectivity index (χ0n) is 17.0. The lowest BCUT2D eigenvalue weighted by Crippen LogP contribution is -2.29. The number of esters is 1. The third-order valence-corrected chi connectivity index (χ3v) is 6.58. The molecule has 2 saturated carbocycles. The number of allylic oxidation sites excluding steroid dienone is 1. The van der Waals surface area contributed by atoms with Crippen LogP contribution in [0.3, 0.4) is 0 Å². The van der Waals surface area contributed by atoms with Crippen molar-refractivity contribution in [1.82, 2.24) is 0 Å². The SMILES string of the molecule is C=CCCC(=O)OC1CCC([C@H]2CC[C@H](c3ccc(OC(F)F)cc3)CC2)CC1. The molecular weight excluding hydrogens is 374 g/mol. The lowest BCUT2D eigenvalue weighted by molar-refractivity contribution is -0.151. The Morgan fingerprint density at radius 1 is 1.00 bits per heavy atom. The van der Waals surface area contributed by atoms with E-state index in [1.165, 1.54) is 18.4 Å². The van der Waals surface area contributed by atoms with Crippen LogP contribution in [0, 0.1) is 11.8 Å². The van der Waals surface area contributed by atoms with Gasteiger partial charge in [0, 0.05) is 6.42 Å². The summed E-state index contributed by atoms with van der Waals surface area (Å²) in [7, 11) is 0. The Kier molecular flexibility index (Phi) is 8.08. The maximum absolute atomic E-state index is 12.3. The Hall–Kier alpha value is -1.91. The van der Waals surface area contributed by atoms with Gasteiger partial charge in [-0.15, -0.1) is 6.58 Å². The number of benzene rings is 1. The first-order chi connectivity index (χ1) is 14.0. The molecule has 5 heteroatoms. The first kappa shape index (κ1) is 21.8. The minimum absolute atomic E-state index is 0.0916. The second kappa shape index (κ2) is 10.7. The summed E-state index contributed by atoms with van der Waals surface area (Å²) in [5.41, 5.74) is 1.22. The van der Waals surface area contributed by atoms with Crippen LogP contribution in [0.2, 0.25) is 0 Å². The van der Waals surface area contributed by atoms with E-state index in [2.05, 4.69) is 11.3 Å². The van der Waals surface area contributed by atoms with Gasteiger partial charge in [-0.3, -0.25) is 4.79 Å². The lowest BCUT2D eigenvalue weighted by atomic mass is 9.69. The van der Waals surface area contributed by atoms with Gasteiger partial charge in [0.05, 0.1) is 0 Å². The summed E-state index contributed by atoms with van der Waals surface area (Å²) in [6, 6.07) is 7.14. The van der Waals surface area contributed by atoms with Gasteiger partial charge >= 0.3 is 12.6 Å². The fraction of sp³-hybridized carbons (Fsp3) is 0.625. The quantitative estimate of drug-likeness (QED) is 0.359. The van der Waals surface area contributed by atoms with Crippen molar-refractivity contribution in [3.05, 3.63) is 42.5 Å². The third kappa shape index (κ3) is 6.55. The highest BCUT2D eigenvalue weighted by Gasteiger charge is 2.32. The molecule has 0 spiro atoms. The van der Waals surface area contributed by atoms with Crippen LogP contribution >= 0.6 is 0 Å². The summed E-state index contributed by atoms with van der Waals surface area (Å²) >= 11 is 0. The van der Waals surface area contributed by atoms with E-state index in [-0.39, 0.29) is 17.8 Å². The average molecular weight is 407 g/mol. The maximum Gasteiger partial charge on any atom is 0.387 e. The molecule has 2 aliphatic carbocycles. The highest BCUT2D eigenvalue weighted by Crippen LogP contribution is 2.43. The number of alkyl halides is 2. The number of hydrogen-bond donors (Lipinski definition) is 0. The van der Waals surface area contributed by atoms with Gasteiger partial charge in [-0.2, -0.15) is 8.78 Å². The van der Waals surface area contributed by atoms with E-state index < -0.39 is 6.61 Å². The fourth-order valence-corrected chi connectivity index (χ4v) is 4.99. The van der Waals surface area contributed by atoms with Gasteiger partial charge in [0.2, 0.25) is 0 Å². The summed E-state index contributed by atoms with van der Waals surface area (Å²) < 4.78 is 34.6. The van der Waals surface area contributed by atoms with Crippen LogP contribution in [0.5, 0.6) is 5.75 Å². The summed E-state index contributed by atoms with van der Waals surface area (Å²) in [6.45, 7) is 0.863. The van der Waals surface area contributed by atoms with Crippen LogP contribution in [0.15, 0.2) is 36.9 Å². The number of halogens is 2. The molecule has 0 heterocycles. The van der Waals surface area contributed by atoms with Gasteiger partial charge in [-0.25, -0.2) is 0 Å². The average Bonchev–Trinajstić information content (AvgIpc) is 2.73. The van der Waals surface area contributed by atoms with E-state index in [0.717, 1.165) is 50.4 Å². The predicted octanol–water partition coefficient (Wildman–Crippen LogP) is 6.63. The predicted molar refractivity (Wildman–Crippen MR) is 109 cm³/mol. The van der Waals surface area contributed by atoms with Crippen LogP contribution in [-0.2, 0) is 9.53 Å². The number of hydrogen-bond acceptors (Lipinski definition) is 3. The topological polar surface area (TPSA) is 35.5 Å². The van der Waals surface area contributed by atoms with Crippen molar-refractivity contribution >= 4 is 5.97 Å². The van der Waals surface area contributed by atoms with E-state index in [0.29, 0.717) is 18.8 Å². The van der Waals surface area contributed by atoms with E-state index in [9.17, 15) is 13.6 Å². The molecule has 29 heavy (non-hydrogen) atoms. The van der Waals surface area contributed by atoms with Crippen molar-refractivity contribution in [2.24, 2.45) is 11.8 Å². The largest absolute Gasteiger partial charge is 0.462 e. The molecule has 3 rings (SSSR count). The Balaban J connectivity index is 1.40. The molecule has 0 aromatic heterocycles. The molecule has 1 aromatic rings. The van der Waals surface area contributed by atoms with Gasteiger partial charge in [-0.05, 0) is 93.2 Å². The molecule has 1 aromatic carbocycles. The minimum atomic E-state index is -2.78. The summed E-state index contributed by atoms with van der Waals surface area (Å²) in [5, 5.41) is 0. The Morgan fingerprint density at radius 3 is 2.14 bits per heavy atom. The monoisotopic (exact) mass is 406 g/mol. The fourth-order valence-electron chi connectivity index (χ4n) is 4.99. The van der Waals surface area contributed by atoms with Gasteiger partial charge in [0.25, 0.3) is 0 Å². The van der Waals surface area contributed by atoms with Crippen molar-refractivity contribution < 1.29 is 23.0 Å². The second-order valence-electron chi connectivity index (χ2n) is 8.41. The van der Waals surface area contributed by atoms with E-state index >= 15 is 0 Å². The molecule has 2 fully saturated rings. The molecule has 0 bridgehead atoms. The maximum atomic E-state index is 12.3. The number of ether oxygens (including phenoxy) is 2. The zero-order valence-corrected chi connectivity index (χ0v) is 17.0. The van der Waals surface area contributed by atoms with E-state index in [1.807, 2.05) is 12.1 Å². The molecule has 0 N–H and O–H groups in total. The van der Waals surface area contributed by atoms with Crippen LogP contribution in [0.25, 0.3) is 0 Å². The van der Waals surface area contributed by atoms with Crippen molar-refractivity contribution in [3.8, 4) is 5.75 Å². The first-order valence-electron chi connectivity index (χ1n) is 10.9. The molecular formula is C24H32F2O3. The van der Waals surface area contributed by atoms with Crippen molar-refractivity contribution in [2.45, 2.75) is 82.8 Å². The highest BCUT2D eigenvalue weighted by atomic mass is 19.3. The van der Waals surface area contributed by atoms with E-state index in [4.69, 9.17) is 4.74 Å². The van der Waals surface area contributed by atoms with Gasteiger partial charge in [0.1, 0.15) is 11.9 Å². The number of carbonyl (C=O) groups is 1. The van der Waals surface area contributed by atoms with Crippen LogP contribution in [0.4, 0.5) is 8.78 Å². The molecule has 0 radical (unpaired) electrons. The van der Waals surface area contributed by atoms with Crippen LogP contribution in [-0.4, -0.2) is 18.7 Å². The second-order valence-corrected chi connectivity index (χ2v) is 8.41. The molecule has 0 atom stereocenters. The number of carbonyl (C=O) groups excluding carboxylic acids is 1. The molecule has 0 amide bonds. The standard InChI is InChI=1S/C24H32F2O3/c1-2-3-4-23(27)28-21-13-9-19(10-14-21)17-5-7-18(8-6-17)20-11-15-22(16-12-20)29-24(25)26/h2,11-12,15-19,21,24H,1,3-10,13-14H2/t17-,18-,19?,21?. The smallest absolute Gasteiger partial charge is 0.387 e. The van der Waals surface area contributed by atoms with Gasteiger partial charge in [-0.1, -0.05) is 18.2 Å². The third-order valence-electron chi connectivity index (χ3n) is 6.58. The summed E-state index contributed by atoms with van der Waals surface area (Å²) in [6.07, 6.45) is 11.9. The highest BCUT2D eigenvalue weighted by molar-refractivity contribution is 5.69. The number of rotatable bonds is 8. The molecule has 0 unspecified atom stereocenters. The zero-order chi connectivity index (χ0) is 20.6. The molecule has 160 valence electrons. The van der Waals surface area contributed by atoms with Crippen molar-refractivity contribution in [3.63, 3.8) is 0 Å². The Labute approximate surface area is 172 Å². The summed E-state index contributed by atoms with van der Waals surface area (Å²) in [5.74, 6) is 2.12. The van der Waals surface area contributed by atoms with Crippen LogP contribution in [0.1, 0.15) is 75.7 Å². The lowest BCUT2D eigenvalue weighted by Gasteiger charge is -2.37. The Bertz CT molecular complexity index is 643.